The molecule has 5 rings (SSSR count). The number of hydrogen-bond acceptors (Lipinski definition) is 7. The van der Waals surface area contributed by atoms with Crippen LogP contribution in [0, 0.1) is 6.92 Å². The fourth-order valence-corrected chi connectivity index (χ4v) is 4.14. The van der Waals surface area contributed by atoms with Gasteiger partial charge in [-0.1, -0.05) is 23.4 Å². The van der Waals surface area contributed by atoms with E-state index in [2.05, 4.69) is 25.8 Å². The van der Waals surface area contributed by atoms with Crippen molar-refractivity contribution >= 4 is 23.3 Å². The topological polar surface area (TPSA) is 124 Å². The van der Waals surface area contributed by atoms with E-state index in [1.54, 1.807) is 22.9 Å². The van der Waals surface area contributed by atoms with Gasteiger partial charge in [-0.05, 0) is 70.7 Å². The van der Waals surface area contributed by atoms with Gasteiger partial charge in [0.05, 0.1) is 6.20 Å². The maximum atomic E-state index is 13.0. The summed E-state index contributed by atoms with van der Waals surface area (Å²) in [5, 5.41) is 10.0. The van der Waals surface area contributed by atoms with Gasteiger partial charge in [-0.25, -0.2) is 9.78 Å². The van der Waals surface area contributed by atoms with Crippen LogP contribution >= 0.6 is 0 Å². The number of imidazole rings is 1. The molecule has 1 fully saturated rings. The zero-order valence-electron chi connectivity index (χ0n) is 20.7. The van der Waals surface area contributed by atoms with Crippen LogP contribution in [0.4, 0.5) is 10.5 Å². The standard InChI is InChI=1S/C26H28N6O4/c1-16-9-10-17(14-18(16)28-22(33)19-15-27-20-8-5-6-13-32(19)20)21-29-23(36-31-21)26(11-7-12-26)30-24(34)35-25(2,3)4/h5-6,8-10,13-15H,7,11-12H2,1-4H3,(H,28,33)(H,30,34). The minimum Gasteiger partial charge on any atom is -0.444 e. The first kappa shape index (κ1) is 23.5. The van der Waals surface area contributed by atoms with Crippen LogP contribution < -0.4 is 10.6 Å². The lowest BCUT2D eigenvalue weighted by Gasteiger charge is -2.39. The molecule has 1 aromatic carbocycles. The fraction of sp³-hybridized carbons (Fsp3) is 0.346. The van der Waals surface area contributed by atoms with Crippen LogP contribution in [0.5, 0.6) is 0 Å². The zero-order chi connectivity index (χ0) is 25.5. The Morgan fingerprint density at radius 3 is 2.69 bits per heavy atom. The van der Waals surface area contributed by atoms with E-state index in [-0.39, 0.29) is 5.91 Å². The summed E-state index contributed by atoms with van der Waals surface area (Å²) < 4.78 is 12.7. The average molecular weight is 489 g/mol. The first-order chi connectivity index (χ1) is 17.1. The summed E-state index contributed by atoms with van der Waals surface area (Å²) in [5.74, 6) is 0.428. The molecule has 10 heteroatoms. The molecule has 0 saturated heterocycles. The highest BCUT2D eigenvalue weighted by atomic mass is 16.6. The summed E-state index contributed by atoms with van der Waals surface area (Å²) in [5.41, 5.74) is 1.96. The first-order valence-corrected chi connectivity index (χ1v) is 11.8. The minimum atomic E-state index is -0.738. The summed E-state index contributed by atoms with van der Waals surface area (Å²) in [6.45, 7) is 7.35. The Balaban J connectivity index is 1.37. The molecule has 1 aliphatic rings. The number of hydrogen-bond donors (Lipinski definition) is 2. The maximum Gasteiger partial charge on any atom is 0.408 e. The third-order valence-corrected chi connectivity index (χ3v) is 6.18. The Bertz CT molecular complexity index is 1440. The number of anilines is 1. The lowest BCUT2D eigenvalue weighted by molar-refractivity contribution is 0.0323. The van der Waals surface area contributed by atoms with Crippen LogP contribution in [0.25, 0.3) is 17.0 Å². The molecule has 1 aliphatic carbocycles. The highest BCUT2D eigenvalue weighted by Crippen LogP contribution is 2.41. The lowest BCUT2D eigenvalue weighted by atomic mass is 9.76. The molecule has 0 aliphatic heterocycles. The van der Waals surface area contributed by atoms with Crippen molar-refractivity contribution in [1.82, 2.24) is 24.8 Å². The molecule has 2 amide bonds. The molecule has 0 unspecified atom stereocenters. The Kier molecular flexibility index (Phi) is 5.74. The van der Waals surface area contributed by atoms with Gasteiger partial charge in [0.2, 0.25) is 5.82 Å². The van der Waals surface area contributed by atoms with Gasteiger partial charge in [0.1, 0.15) is 22.5 Å². The van der Waals surface area contributed by atoms with Crippen LogP contribution in [0.2, 0.25) is 0 Å². The molecule has 3 aromatic heterocycles. The third kappa shape index (κ3) is 4.53. The number of aryl methyl sites for hydroxylation is 1. The molecule has 3 heterocycles. The van der Waals surface area contributed by atoms with Gasteiger partial charge >= 0.3 is 6.09 Å². The highest BCUT2D eigenvalue weighted by molar-refractivity contribution is 6.04. The van der Waals surface area contributed by atoms with Crippen molar-refractivity contribution in [3.8, 4) is 11.4 Å². The third-order valence-electron chi connectivity index (χ3n) is 6.18. The Morgan fingerprint density at radius 2 is 1.97 bits per heavy atom. The van der Waals surface area contributed by atoms with Gasteiger partial charge in [-0.2, -0.15) is 4.98 Å². The SMILES string of the molecule is Cc1ccc(-c2noc(C3(NC(=O)OC(C)(C)C)CCC3)n2)cc1NC(=O)c1cnc2ccccn12. The second-order valence-corrected chi connectivity index (χ2v) is 10.0. The van der Waals surface area contributed by atoms with Gasteiger partial charge in [0.25, 0.3) is 11.8 Å². The zero-order valence-corrected chi connectivity index (χ0v) is 20.7. The van der Waals surface area contributed by atoms with Crippen molar-refractivity contribution in [2.75, 3.05) is 5.32 Å². The smallest absolute Gasteiger partial charge is 0.408 e. The number of carbonyl (C=O) groups excluding carboxylic acids is 2. The van der Waals surface area contributed by atoms with Crippen LogP contribution in [-0.4, -0.2) is 37.1 Å². The molecular weight excluding hydrogens is 460 g/mol. The van der Waals surface area contributed by atoms with Crippen molar-refractivity contribution in [3.63, 3.8) is 0 Å². The van der Waals surface area contributed by atoms with Gasteiger partial charge in [0, 0.05) is 17.4 Å². The number of benzene rings is 1. The molecular formula is C26H28N6O4. The molecule has 36 heavy (non-hydrogen) atoms. The quantitative estimate of drug-likeness (QED) is 0.412. The van der Waals surface area contributed by atoms with E-state index < -0.39 is 17.2 Å². The number of pyridine rings is 1. The van der Waals surface area contributed by atoms with Crippen molar-refractivity contribution in [3.05, 3.63) is 65.9 Å². The summed E-state index contributed by atoms with van der Waals surface area (Å²) in [6, 6.07) is 11.1. The first-order valence-electron chi connectivity index (χ1n) is 11.8. The minimum absolute atomic E-state index is 0.280. The monoisotopic (exact) mass is 488 g/mol. The predicted molar refractivity (Wildman–Crippen MR) is 133 cm³/mol. The number of nitrogens with one attached hydrogen (secondary N) is 2. The number of rotatable bonds is 5. The van der Waals surface area contributed by atoms with Crippen LogP contribution in [0.3, 0.4) is 0 Å². The van der Waals surface area contributed by atoms with Gasteiger partial charge < -0.3 is 19.9 Å². The molecule has 4 aromatic rings. The van der Waals surface area contributed by atoms with E-state index in [1.165, 1.54) is 0 Å². The Morgan fingerprint density at radius 1 is 1.17 bits per heavy atom. The van der Waals surface area contributed by atoms with Gasteiger partial charge in [0.15, 0.2) is 0 Å². The van der Waals surface area contributed by atoms with E-state index in [9.17, 15) is 9.59 Å². The molecule has 1 saturated carbocycles. The second kappa shape index (κ2) is 8.78. The number of carbonyl (C=O) groups is 2. The summed E-state index contributed by atoms with van der Waals surface area (Å²) in [7, 11) is 0. The predicted octanol–water partition coefficient (Wildman–Crippen LogP) is 4.85. The molecule has 0 atom stereocenters. The van der Waals surface area contributed by atoms with E-state index in [4.69, 9.17) is 9.26 Å². The summed E-state index contributed by atoms with van der Waals surface area (Å²) >= 11 is 0. The van der Waals surface area contributed by atoms with E-state index >= 15 is 0 Å². The fourth-order valence-electron chi connectivity index (χ4n) is 4.14. The van der Waals surface area contributed by atoms with Crippen molar-refractivity contribution in [2.24, 2.45) is 0 Å². The molecule has 0 bridgehead atoms. The van der Waals surface area contributed by atoms with Crippen molar-refractivity contribution in [1.29, 1.82) is 0 Å². The summed E-state index contributed by atoms with van der Waals surface area (Å²) in [6.07, 6.45) is 5.12. The normalized spacial score (nSPS) is 14.8. The maximum absolute atomic E-state index is 13.0. The van der Waals surface area contributed by atoms with Gasteiger partial charge in [-0.3, -0.25) is 9.20 Å². The van der Waals surface area contributed by atoms with E-state index in [0.29, 0.717) is 47.1 Å². The van der Waals surface area contributed by atoms with E-state index in [0.717, 1.165) is 12.0 Å². The molecule has 0 radical (unpaired) electrons. The Labute approximate surface area is 208 Å². The molecule has 2 N–H and O–H groups in total. The van der Waals surface area contributed by atoms with Gasteiger partial charge in [-0.15, -0.1) is 0 Å². The molecule has 10 nitrogen and oxygen atoms in total. The van der Waals surface area contributed by atoms with Crippen LogP contribution in [0.1, 0.15) is 62.0 Å². The molecule has 186 valence electrons. The number of ether oxygens (including phenoxy) is 1. The molecule has 0 spiro atoms. The summed E-state index contributed by atoms with van der Waals surface area (Å²) in [4.78, 5) is 34.3. The number of nitrogens with zero attached hydrogens (tertiary/aromatic N) is 4. The van der Waals surface area contributed by atoms with Crippen LogP contribution in [0.15, 0.2) is 53.3 Å². The van der Waals surface area contributed by atoms with Crippen molar-refractivity contribution in [2.45, 2.75) is 58.1 Å². The number of aromatic nitrogens is 4. The average Bonchev–Trinajstić information content (AvgIpc) is 3.44. The lowest BCUT2D eigenvalue weighted by Crippen LogP contribution is -2.52. The van der Waals surface area contributed by atoms with Crippen LogP contribution in [-0.2, 0) is 10.3 Å². The Hall–Kier alpha value is -4.21. The van der Waals surface area contributed by atoms with E-state index in [1.807, 2.05) is 58.0 Å². The number of amides is 2. The largest absolute Gasteiger partial charge is 0.444 e. The highest BCUT2D eigenvalue weighted by Gasteiger charge is 2.46. The van der Waals surface area contributed by atoms with Crippen molar-refractivity contribution < 1.29 is 18.8 Å². The number of alkyl carbamates (subject to hydrolysis) is 1. The second-order valence-electron chi connectivity index (χ2n) is 10.0. The number of fused-ring (bicyclic) bond motifs is 1.